The van der Waals surface area contributed by atoms with Gasteiger partial charge in [0, 0.05) is 37.5 Å². The molecule has 1 aliphatic carbocycles. The Morgan fingerprint density at radius 2 is 2.05 bits per heavy atom. The molecule has 4 nitrogen and oxygen atoms in total. The number of aromatic nitrogens is 2. The first-order valence-electron chi connectivity index (χ1n) is 7.17. The van der Waals surface area contributed by atoms with E-state index in [1.165, 1.54) is 5.56 Å². The van der Waals surface area contributed by atoms with Crippen molar-refractivity contribution in [2.45, 2.75) is 31.4 Å². The molecule has 0 saturated heterocycles. The molecule has 1 saturated carbocycles. The minimum Gasteiger partial charge on any atom is -0.389 e. The highest BCUT2D eigenvalue weighted by atomic mass is 16.3. The topological polar surface area (TPSA) is 50.1 Å². The van der Waals surface area contributed by atoms with Gasteiger partial charge in [0.05, 0.1) is 11.3 Å². The highest BCUT2D eigenvalue weighted by molar-refractivity contribution is 5.62. The number of hydrogen-bond acceptors (Lipinski definition) is 3. The molecule has 1 aromatic heterocycles. The van der Waals surface area contributed by atoms with Gasteiger partial charge < -0.3 is 10.4 Å². The van der Waals surface area contributed by atoms with Gasteiger partial charge >= 0.3 is 0 Å². The summed E-state index contributed by atoms with van der Waals surface area (Å²) in [5.74, 6) is 0. The number of hydrogen-bond donors (Lipinski definition) is 2. The van der Waals surface area contributed by atoms with E-state index < -0.39 is 5.60 Å². The van der Waals surface area contributed by atoms with E-state index in [9.17, 15) is 5.11 Å². The third-order valence-corrected chi connectivity index (χ3v) is 4.01. The zero-order valence-corrected chi connectivity index (χ0v) is 11.8. The molecule has 0 aliphatic heterocycles. The minimum atomic E-state index is -0.477. The summed E-state index contributed by atoms with van der Waals surface area (Å²) in [7, 11) is 1.94. The number of aliphatic hydroxyl groups is 1. The molecule has 2 aromatic rings. The Morgan fingerprint density at radius 1 is 1.30 bits per heavy atom. The Kier molecular flexibility index (Phi) is 3.59. The fourth-order valence-electron chi connectivity index (χ4n) is 2.70. The summed E-state index contributed by atoms with van der Waals surface area (Å²) in [6.45, 7) is 1.40. The van der Waals surface area contributed by atoms with Crippen molar-refractivity contribution in [1.29, 1.82) is 0 Å². The Balaban J connectivity index is 1.70. The molecule has 1 aliphatic rings. The van der Waals surface area contributed by atoms with Crippen LogP contribution >= 0.6 is 0 Å². The lowest BCUT2D eigenvalue weighted by molar-refractivity contribution is -0.0314. The first kappa shape index (κ1) is 13.3. The fraction of sp³-hybridized carbons (Fsp3) is 0.438. The van der Waals surface area contributed by atoms with Crippen LogP contribution in [-0.4, -0.2) is 27.0 Å². The van der Waals surface area contributed by atoms with Crippen LogP contribution in [0.15, 0.2) is 36.5 Å². The largest absolute Gasteiger partial charge is 0.389 e. The summed E-state index contributed by atoms with van der Waals surface area (Å²) in [5, 5.41) is 18.0. The number of nitrogens with zero attached hydrogens (tertiary/aromatic N) is 2. The van der Waals surface area contributed by atoms with E-state index in [1.807, 2.05) is 36.1 Å². The molecular weight excluding hydrogens is 250 g/mol. The normalized spacial score (nSPS) is 16.9. The summed E-state index contributed by atoms with van der Waals surface area (Å²) in [5.41, 5.74) is 2.84. The van der Waals surface area contributed by atoms with Gasteiger partial charge in [-0.1, -0.05) is 30.3 Å². The second-order valence-electron chi connectivity index (χ2n) is 5.72. The molecule has 1 fully saturated rings. The predicted octanol–water partition coefficient (Wildman–Crippen LogP) is 2.09. The second kappa shape index (κ2) is 5.38. The average Bonchev–Trinajstić information content (AvgIpc) is 2.79. The second-order valence-corrected chi connectivity index (χ2v) is 5.72. The number of nitrogens with one attached hydrogen (secondary N) is 1. The van der Waals surface area contributed by atoms with Crippen molar-refractivity contribution in [1.82, 2.24) is 15.1 Å². The van der Waals surface area contributed by atoms with Crippen molar-refractivity contribution in [3.63, 3.8) is 0 Å². The SMILES string of the molecule is Cn1cc(CNCC2(O)CCC2)c(-c2ccccc2)n1. The van der Waals surface area contributed by atoms with E-state index in [-0.39, 0.29) is 0 Å². The maximum atomic E-state index is 10.1. The lowest BCUT2D eigenvalue weighted by Crippen LogP contribution is -2.45. The van der Waals surface area contributed by atoms with Crippen LogP contribution in [0.25, 0.3) is 11.3 Å². The molecule has 0 amide bonds. The maximum Gasteiger partial charge on any atom is 0.0967 e. The van der Waals surface area contributed by atoms with E-state index in [2.05, 4.69) is 22.5 Å². The van der Waals surface area contributed by atoms with Crippen LogP contribution < -0.4 is 5.32 Å². The zero-order chi connectivity index (χ0) is 14.0. The van der Waals surface area contributed by atoms with Crippen molar-refractivity contribution < 1.29 is 5.11 Å². The van der Waals surface area contributed by atoms with Crippen LogP contribution in [0.5, 0.6) is 0 Å². The maximum absolute atomic E-state index is 10.1. The Morgan fingerprint density at radius 3 is 2.70 bits per heavy atom. The molecule has 0 unspecified atom stereocenters. The van der Waals surface area contributed by atoms with Crippen molar-refractivity contribution in [2.75, 3.05) is 6.54 Å². The molecule has 1 aromatic carbocycles. The van der Waals surface area contributed by atoms with Gasteiger partial charge in [0.15, 0.2) is 0 Å². The van der Waals surface area contributed by atoms with Crippen LogP contribution in [0, 0.1) is 0 Å². The van der Waals surface area contributed by atoms with Crippen LogP contribution in [0.1, 0.15) is 24.8 Å². The van der Waals surface area contributed by atoms with Crippen molar-refractivity contribution in [2.24, 2.45) is 7.05 Å². The van der Waals surface area contributed by atoms with Gasteiger partial charge in [-0.3, -0.25) is 4.68 Å². The third kappa shape index (κ3) is 2.76. The lowest BCUT2D eigenvalue weighted by Gasteiger charge is -2.36. The van der Waals surface area contributed by atoms with Gasteiger partial charge in [-0.05, 0) is 19.3 Å². The van der Waals surface area contributed by atoms with E-state index in [0.717, 1.165) is 37.1 Å². The summed E-state index contributed by atoms with van der Waals surface area (Å²) < 4.78 is 1.84. The molecular formula is C16H21N3O. The Labute approximate surface area is 119 Å². The summed E-state index contributed by atoms with van der Waals surface area (Å²) in [6, 6.07) is 10.2. The quantitative estimate of drug-likeness (QED) is 0.875. The van der Waals surface area contributed by atoms with Crippen LogP contribution in [0.2, 0.25) is 0 Å². The molecule has 0 atom stereocenters. The van der Waals surface area contributed by atoms with E-state index in [1.54, 1.807) is 0 Å². The monoisotopic (exact) mass is 271 g/mol. The first-order chi connectivity index (χ1) is 9.66. The van der Waals surface area contributed by atoms with E-state index in [0.29, 0.717) is 6.54 Å². The lowest BCUT2D eigenvalue weighted by atomic mass is 9.80. The van der Waals surface area contributed by atoms with E-state index in [4.69, 9.17) is 0 Å². The van der Waals surface area contributed by atoms with Gasteiger partial charge in [0.25, 0.3) is 0 Å². The van der Waals surface area contributed by atoms with Gasteiger partial charge in [-0.25, -0.2) is 0 Å². The van der Waals surface area contributed by atoms with Crippen LogP contribution in [0.4, 0.5) is 0 Å². The van der Waals surface area contributed by atoms with Gasteiger partial charge in [-0.15, -0.1) is 0 Å². The van der Waals surface area contributed by atoms with E-state index >= 15 is 0 Å². The Hall–Kier alpha value is -1.65. The zero-order valence-electron chi connectivity index (χ0n) is 11.8. The first-order valence-corrected chi connectivity index (χ1v) is 7.17. The van der Waals surface area contributed by atoms with Gasteiger partial charge in [0.2, 0.25) is 0 Å². The molecule has 0 radical (unpaired) electrons. The number of rotatable bonds is 5. The van der Waals surface area contributed by atoms with Gasteiger partial charge in [0.1, 0.15) is 0 Å². The van der Waals surface area contributed by atoms with Crippen LogP contribution in [-0.2, 0) is 13.6 Å². The molecule has 1 heterocycles. The average molecular weight is 271 g/mol. The van der Waals surface area contributed by atoms with Crippen molar-refractivity contribution in [3.05, 3.63) is 42.1 Å². The smallest absolute Gasteiger partial charge is 0.0967 e. The number of benzene rings is 1. The summed E-state index contributed by atoms with van der Waals surface area (Å²) in [4.78, 5) is 0. The van der Waals surface area contributed by atoms with Crippen molar-refractivity contribution in [3.8, 4) is 11.3 Å². The molecule has 20 heavy (non-hydrogen) atoms. The van der Waals surface area contributed by atoms with Gasteiger partial charge in [-0.2, -0.15) is 5.10 Å². The fourth-order valence-corrected chi connectivity index (χ4v) is 2.70. The standard InChI is InChI=1S/C16H21N3O/c1-19-11-14(10-17-12-16(20)8-5-9-16)15(18-19)13-6-3-2-4-7-13/h2-4,6-7,11,17,20H,5,8-10,12H2,1H3. The minimum absolute atomic E-state index is 0.477. The molecule has 4 heteroatoms. The Bertz CT molecular complexity index is 573. The molecule has 106 valence electrons. The molecule has 3 rings (SSSR count). The highest BCUT2D eigenvalue weighted by Crippen LogP contribution is 2.30. The predicted molar refractivity (Wildman–Crippen MR) is 79.2 cm³/mol. The molecule has 0 bridgehead atoms. The highest BCUT2D eigenvalue weighted by Gasteiger charge is 2.33. The summed E-state index contributed by atoms with van der Waals surface area (Å²) >= 11 is 0. The third-order valence-electron chi connectivity index (χ3n) is 4.01. The summed E-state index contributed by atoms with van der Waals surface area (Å²) in [6.07, 6.45) is 5.01. The molecule has 0 spiro atoms. The number of aryl methyl sites for hydroxylation is 1. The van der Waals surface area contributed by atoms with Crippen molar-refractivity contribution >= 4 is 0 Å². The van der Waals surface area contributed by atoms with Crippen LogP contribution in [0.3, 0.4) is 0 Å². The molecule has 2 N–H and O–H groups in total.